The summed E-state index contributed by atoms with van der Waals surface area (Å²) in [7, 11) is 0. The Balaban J connectivity index is 2.25. The van der Waals surface area contributed by atoms with Crippen LogP contribution in [0.4, 0.5) is 4.39 Å². The Labute approximate surface area is 101 Å². The van der Waals surface area contributed by atoms with Crippen LogP contribution in [0.15, 0.2) is 23.1 Å². The van der Waals surface area contributed by atoms with Crippen molar-refractivity contribution in [3.05, 3.63) is 29.6 Å². The smallest absolute Gasteiger partial charge is 0.124 e. The third-order valence-electron chi connectivity index (χ3n) is 2.96. The maximum absolute atomic E-state index is 13.2. The number of halogens is 1. The Bertz CT molecular complexity index is 367. The Morgan fingerprint density at radius 1 is 1.38 bits per heavy atom. The van der Waals surface area contributed by atoms with Gasteiger partial charge in [-0.15, -0.1) is 11.8 Å². The van der Waals surface area contributed by atoms with E-state index in [0.29, 0.717) is 11.3 Å². The molecule has 1 heterocycles. The van der Waals surface area contributed by atoms with Crippen LogP contribution in [0.2, 0.25) is 0 Å². The van der Waals surface area contributed by atoms with Crippen molar-refractivity contribution in [3.63, 3.8) is 0 Å². The minimum absolute atomic E-state index is 0.126. The van der Waals surface area contributed by atoms with Crippen LogP contribution in [-0.2, 0) is 0 Å². The van der Waals surface area contributed by atoms with E-state index in [2.05, 4.69) is 19.2 Å². The monoisotopic (exact) mass is 239 g/mol. The van der Waals surface area contributed by atoms with Gasteiger partial charge in [-0.1, -0.05) is 26.3 Å². The van der Waals surface area contributed by atoms with Gasteiger partial charge in [0.1, 0.15) is 5.82 Å². The summed E-state index contributed by atoms with van der Waals surface area (Å²) in [6.45, 7) is 5.28. The van der Waals surface area contributed by atoms with E-state index in [9.17, 15) is 4.39 Å². The van der Waals surface area contributed by atoms with E-state index in [1.54, 1.807) is 12.1 Å². The number of benzene rings is 1. The van der Waals surface area contributed by atoms with Crippen molar-refractivity contribution in [2.75, 3.05) is 6.54 Å². The summed E-state index contributed by atoms with van der Waals surface area (Å²) in [5.74, 6) is -0.126. The van der Waals surface area contributed by atoms with Gasteiger partial charge in [0.25, 0.3) is 0 Å². The first-order valence-electron chi connectivity index (χ1n) is 5.95. The van der Waals surface area contributed by atoms with Gasteiger partial charge in [0.05, 0.1) is 0 Å². The summed E-state index contributed by atoms with van der Waals surface area (Å²) in [5.41, 5.74) is 1.27. The topological polar surface area (TPSA) is 12.0 Å². The zero-order valence-electron chi connectivity index (χ0n) is 9.79. The van der Waals surface area contributed by atoms with E-state index < -0.39 is 0 Å². The number of fused-ring (bicyclic) bond motifs is 1. The molecule has 0 amide bonds. The van der Waals surface area contributed by atoms with E-state index >= 15 is 0 Å². The molecule has 0 saturated carbocycles. The third kappa shape index (κ3) is 2.25. The number of rotatable bonds is 4. The molecule has 0 radical (unpaired) electrons. The van der Waals surface area contributed by atoms with Gasteiger partial charge in [-0.25, -0.2) is 4.39 Å². The van der Waals surface area contributed by atoms with E-state index in [0.717, 1.165) is 11.4 Å². The second kappa shape index (κ2) is 5.19. The minimum atomic E-state index is -0.126. The van der Waals surface area contributed by atoms with E-state index in [4.69, 9.17) is 0 Å². The lowest BCUT2D eigenvalue weighted by Crippen LogP contribution is -2.26. The third-order valence-corrected chi connectivity index (χ3v) is 4.38. The minimum Gasteiger partial charge on any atom is -0.309 e. The molecule has 88 valence electrons. The van der Waals surface area contributed by atoms with Crippen molar-refractivity contribution in [3.8, 4) is 0 Å². The fraction of sp³-hybridized carbons (Fsp3) is 0.538. The average Bonchev–Trinajstić information content (AvgIpc) is 2.57. The highest BCUT2D eigenvalue weighted by Gasteiger charge is 2.32. The van der Waals surface area contributed by atoms with Crippen molar-refractivity contribution >= 4 is 11.8 Å². The molecule has 0 fully saturated rings. The largest absolute Gasteiger partial charge is 0.309 e. The van der Waals surface area contributed by atoms with Gasteiger partial charge in [0.15, 0.2) is 0 Å². The SMILES string of the molecule is CCCC1Sc2cc(F)ccc2C1NCC. The molecule has 2 rings (SSSR count). The zero-order valence-corrected chi connectivity index (χ0v) is 10.6. The molecular weight excluding hydrogens is 221 g/mol. The first-order valence-corrected chi connectivity index (χ1v) is 6.83. The van der Waals surface area contributed by atoms with E-state index in [1.165, 1.54) is 18.4 Å². The van der Waals surface area contributed by atoms with Crippen molar-refractivity contribution < 1.29 is 4.39 Å². The number of nitrogens with one attached hydrogen (secondary N) is 1. The maximum Gasteiger partial charge on any atom is 0.124 e. The molecule has 1 aromatic rings. The van der Waals surface area contributed by atoms with Crippen LogP contribution in [0.3, 0.4) is 0 Å². The van der Waals surface area contributed by atoms with Crippen molar-refractivity contribution in [1.82, 2.24) is 5.32 Å². The summed E-state index contributed by atoms with van der Waals surface area (Å²) in [5, 5.41) is 4.07. The first-order chi connectivity index (χ1) is 7.76. The van der Waals surface area contributed by atoms with Crippen molar-refractivity contribution in [2.24, 2.45) is 0 Å². The molecule has 0 spiro atoms. The summed E-state index contributed by atoms with van der Waals surface area (Å²) in [6, 6.07) is 5.56. The Morgan fingerprint density at radius 2 is 2.19 bits per heavy atom. The quantitative estimate of drug-likeness (QED) is 0.858. The molecule has 1 N–H and O–H groups in total. The molecular formula is C13H18FNS. The predicted molar refractivity (Wildman–Crippen MR) is 67.4 cm³/mol. The second-order valence-corrected chi connectivity index (χ2v) is 5.44. The summed E-state index contributed by atoms with van der Waals surface area (Å²) >= 11 is 1.82. The van der Waals surface area contributed by atoms with Gasteiger partial charge in [0.2, 0.25) is 0 Å². The second-order valence-electron chi connectivity index (χ2n) is 4.16. The van der Waals surface area contributed by atoms with Gasteiger partial charge < -0.3 is 5.32 Å². The molecule has 0 aliphatic carbocycles. The molecule has 2 atom stereocenters. The summed E-state index contributed by atoms with van der Waals surface area (Å²) < 4.78 is 13.2. The van der Waals surface area contributed by atoms with Crippen LogP contribution in [0.5, 0.6) is 0 Å². The van der Waals surface area contributed by atoms with Crippen LogP contribution >= 0.6 is 11.8 Å². The molecule has 0 bridgehead atoms. The van der Waals surface area contributed by atoms with E-state index in [1.807, 2.05) is 17.8 Å². The highest BCUT2D eigenvalue weighted by molar-refractivity contribution is 8.00. The van der Waals surface area contributed by atoms with Crippen LogP contribution in [0, 0.1) is 5.82 Å². The fourth-order valence-corrected chi connectivity index (χ4v) is 3.84. The van der Waals surface area contributed by atoms with Crippen molar-refractivity contribution in [2.45, 2.75) is 42.9 Å². The van der Waals surface area contributed by atoms with Crippen LogP contribution in [0.25, 0.3) is 0 Å². The molecule has 0 saturated heterocycles. The standard InChI is InChI=1S/C13H18FNS/c1-3-5-11-13(15-4-2)10-7-6-9(14)8-12(10)16-11/h6-8,11,13,15H,3-5H2,1-2H3. The zero-order chi connectivity index (χ0) is 11.5. The molecule has 2 unspecified atom stereocenters. The lowest BCUT2D eigenvalue weighted by atomic mass is 10.0. The Morgan fingerprint density at radius 3 is 2.88 bits per heavy atom. The van der Waals surface area contributed by atoms with Crippen LogP contribution in [-0.4, -0.2) is 11.8 Å². The number of hydrogen-bond acceptors (Lipinski definition) is 2. The molecule has 1 aromatic carbocycles. The van der Waals surface area contributed by atoms with Gasteiger partial charge in [0, 0.05) is 16.2 Å². The molecule has 3 heteroatoms. The van der Waals surface area contributed by atoms with Crippen LogP contribution in [0.1, 0.15) is 38.3 Å². The molecule has 16 heavy (non-hydrogen) atoms. The first kappa shape index (κ1) is 11.9. The number of hydrogen-bond donors (Lipinski definition) is 1. The lowest BCUT2D eigenvalue weighted by molar-refractivity contribution is 0.512. The van der Waals surface area contributed by atoms with Crippen LogP contribution < -0.4 is 5.32 Å². The molecule has 1 aliphatic rings. The fourth-order valence-electron chi connectivity index (χ4n) is 2.27. The molecule has 1 nitrogen and oxygen atoms in total. The molecule has 1 aliphatic heterocycles. The molecule has 0 aromatic heterocycles. The van der Waals surface area contributed by atoms with Gasteiger partial charge in [-0.2, -0.15) is 0 Å². The van der Waals surface area contributed by atoms with Gasteiger partial charge >= 0.3 is 0 Å². The Kier molecular flexibility index (Phi) is 3.87. The highest BCUT2D eigenvalue weighted by Crippen LogP contribution is 2.46. The summed E-state index contributed by atoms with van der Waals surface area (Å²) in [4.78, 5) is 1.12. The van der Waals surface area contributed by atoms with Gasteiger partial charge in [-0.05, 0) is 30.7 Å². The predicted octanol–water partition coefficient (Wildman–Crippen LogP) is 3.75. The average molecular weight is 239 g/mol. The number of thioether (sulfide) groups is 1. The van der Waals surface area contributed by atoms with Gasteiger partial charge in [-0.3, -0.25) is 0 Å². The highest BCUT2D eigenvalue weighted by atomic mass is 32.2. The van der Waals surface area contributed by atoms with E-state index in [-0.39, 0.29) is 5.82 Å². The summed E-state index contributed by atoms with van der Waals surface area (Å²) in [6.07, 6.45) is 2.36. The lowest BCUT2D eigenvalue weighted by Gasteiger charge is -2.19. The maximum atomic E-state index is 13.2. The Hall–Kier alpha value is -0.540. The van der Waals surface area contributed by atoms with Crippen molar-refractivity contribution in [1.29, 1.82) is 0 Å². The normalized spacial score (nSPS) is 23.4.